The topological polar surface area (TPSA) is 42.1 Å². The van der Waals surface area contributed by atoms with Gasteiger partial charge in [0.25, 0.3) is 0 Å². The van der Waals surface area contributed by atoms with Crippen LogP contribution in [0.4, 0.5) is 5.69 Å². The van der Waals surface area contributed by atoms with Gasteiger partial charge in [0, 0.05) is 19.6 Å². The molecule has 1 aromatic rings. The Morgan fingerprint density at radius 1 is 1.31 bits per heavy atom. The third-order valence-electron chi connectivity index (χ3n) is 3.25. The maximum absolute atomic E-state index is 5.55. The summed E-state index contributed by atoms with van der Waals surface area (Å²) in [5.74, 6) is 1.55. The van der Waals surface area contributed by atoms with Crippen molar-refractivity contribution in [2.45, 2.75) is 26.8 Å². The van der Waals surface area contributed by atoms with Crippen molar-refractivity contribution >= 4 is 5.69 Å². The van der Waals surface area contributed by atoms with Crippen molar-refractivity contribution in [3.8, 4) is 0 Å². The van der Waals surface area contributed by atoms with E-state index in [2.05, 4.69) is 29.8 Å². The van der Waals surface area contributed by atoms with Crippen LogP contribution in [-0.4, -0.2) is 18.1 Å². The van der Waals surface area contributed by atoms with E-state index in [0.717, 1.165) is 30.6 Å². The number of hydrogen-bond donors (Lipinski definition) is 1. The Kier molecular flexibility index (Phi) is 3.44. The minimum Gasteiger partial charge on any atom is -0.370 e. The normalized spacial score (nSPS) is 25.8. The van der Waals surface area contributed by atoms with E-state index < -0.39 is 0 Å². The number of aromatic nitrogens is 1. The average Bonchev–Trinajstić information content (AvgIpc) is 2.28. The fourth-order valence-electron chi connectivity index (χ4n) is 2.60. The highest BCUT2D eigenvalue weighted by molar-refractivity contribution is 5.45. The van der Waals surface area contributed by atoms with Crippen LogP contribution in [0.25, 0.3) is 0 Å². The minimum atomic E-state index is 0.521. The van der Waals surface area contributed by atoms with E-state index in [-0.39, 0.29) is 0 Å². The third-order valence-corrected chi connectivity index (χ3v) is 3.25. The van der Waals surface area contributed by atoms with Crippen molar-refractivity contribution in [2.24, 2.45) is 17.6 Å². The van der Waals surface area contributed by atoms with Crippen molar-refractivity contribution in [1.29, 1.82) is 0 Å². The molecule has 1 saturated heterocycles. The van der Waals surface area contributed by atoms with Gasteiger partial charge in [-0.25, -0.2) is 0 Å². The highest BCUT2D eigenvalue weighted by atomic mass is 15.1. The molecule has 0 saturated carbocycles. The van der Waals surface area contributed by atoms with Gasteiger partial charge < -0.3 is 10.6 Å². The van der Waals surface area contributed by atoms with Crippen LogP contribution in [0.15, 0.2) is 18.3 Å². The minimum absolute atomic E-state index is 0.521. The molecule has 3 heteroatoms. The lowest BCUT2D eigenvalue weighted by molar-refractivity contribution is 0.356. The Morgan fingerprint density at radius 3 is 2.50 bits per heavy atom. The van der Waals surface area contributed by atoms with Crippen molar-refractivity contribution < 1.29 is 0 Å². The third kappa shape index (κ3) is 2.53. The first kappa shape index (κ1) is 11.4. The lowest BCUT2D eigenvalue weighted by atomic mass is 9.91. The molecule has 0 aliphatic carbocycles. The first-order valence-electron chi connectivity index (χ1n) is 6.09. The average molecular weight is 219 g/mol. The summed E-state index contributed by atoms with van der Waals surface area (Å²) in [5, 5.41) is 0. The fraction of sp³-hybridized carbons (Fsp3) is 0.615. The van der Waals surface area contributed by atoms with Gasteiger partial charge in [-0.1, -0.05) is 13.8 Å². The molecule has 88 valence electrons. The second kappa shape index (κ2) is 4.83. The molecule has 0 amide bonds. The predicted molar refractivity (Wildman–Crippen MR) is 67.3 cm³/mol. The van der Waals surface area contributed by atoms with E-state index in [1.54, 1.807) is 0 Å². The summed E-state index contributed by atoms with van der Waals surface area (Å²) < 4.78 is 0. The molecule has 1 aliphatic heterocycles. The Morgan fingerprint density at radius 2 is 2.00 bits per heavy atom. The molecule has 2 heterocycles. The largest absolute Gasteiger partial charge is 0.370 e. The number of hydrogen-bond acceptors (Lipinski definition) is 3. The fourth-order valence-corrected chi connectivity index (χ4v) is 2.60. The van der Waals surface area contributed by atoms with Gasteiger partial charge >= 0.3 is 0 Å². The SMILES string of the molecule is CC1CC(C)CN(c2ccc(CN)nc2)C1. The summed E-state index contributed by atoms with van der Waals surface area (Å²) >= 11 is 0. The Labute approximate surface area is 97.7 Å². The van der Waals surface area contributed by atoms with E-state index in [0.29, 0.717) is 6.54 Å². The quantitative estimate of drug-likeness (QED) is 0.827. The maximum Gasteiger partial charge on any atom is 0.0553 e. The first-order chi connectivity index (χ1) is 7.69. The van der Waals surface area contributed by atoms with Gasteiger partial charge in [0.2, 0.25) is 0 Å². The molecule has 16 heavy (non-hydrogen) atoms. The number of rotatable bonds is 2. The van der Waals surface area contributed by atoms with Crippen LogP contribution in [0.2, 0.25) is 0 Å². The van der Waals surface area contributed by atoms with Crippen LogP contribution in [0.3, 0.4) is 0 Å². The van der Waals surface area contributed by atoms with Gasteiger partial charge in [0.1, 0.15) is 0 Å². The highest BCUT2D eigenvalue weighted by Crippen LogP contribution is 2.25. The zero-order valence-corrected chi connectivity index (χ0v) is 10.2. The predicted octanol–water partition coefficient (Wildman–Crippen LogP) is 2.02. The van der Waals surface area contributed by atoms with Crippen LogP contribution in [0.1, 0.15) is 26.0 Å². The molecule has 1 aromatic heterocycles. The summed E-state index contributed by atoms with van der Waals surface area (Å²) in [7, 11) is 0. The number of nitrogens with zero attached hydrogens (tertiary/aromatic N) is 2. The molecule has 1 aliphatic rings. The molecule has 2 unspecified atom stereocenters. The molecular formula is C13H21N3. The van der Waals surface area contributed by atoms with Crippen LogP contribution >= 0.6 is 0 Å². The molecular weight excluding hydrogens is 198 g/mol. The molecule has 0 aromatic carbocycles. The number of anilines is 1. The molecule has 3 nitrogen and oxygen atoms in total. The molecule has 1 fully saturated rings. The van der Waals surface area contributed by atoms with E-state index >= 15 is 0 Å². The van der Waals surface area contributed by atoms with Crippen LogP contribution in [-0.2, 0) is 6.54 Å². The summed E-state index contributed by atoms with van der Waals surface area (Å²) in [6.45, 7) is 7.46. The number of pyridine rings is 1. The van der Waals surface area contributed by atoms with Crippen molar-refractivity contribution in [3.05, 3.63) is 24.0 Å². The monoisotopic (exact) mass is 219 g/mol. The van der Waals surface area contributed by atoms with Gasteiger partial charge in [-0.05, 0) is 30.4 Å². The Balaban J connectivity index is 2.10. The first-order valence-corrected chi connectivity index (χ1v) is 6.09. The molecule has 0 radical (unpaired) electrons. The summed E-state index contributed by atoms with van der Waals surface area (Å²) in [5.41, 5.74) is 7.74. The number of piperidine rings is 1. The summed E-state index contributed by atoms with van der Waals surface area (Å²) in [6, 6.07) is 4.17. The molecule has 2 rings (SSSR count). The molecule has 0 spiro atoms. The zero-order valence-electron chi connectivity index (χ0n) is 10.2. The van der Waals surface area contributed by atoms with Crippen molar-refractivity contribution in [1.82, 2.24) is 4.98 Å². The molecule has 2 N–H and O–H groups in total. The summed E-state index contributed by atoms with van der Waals surface area (Å²) in [6.07, 6.45) is 3.29. The zero-order chi connectivity index (χ0) is 11.5. The van der Waals surface area contributed by atoms with Gasteiger partial charge in [-0.2, -0.15) is 0 Å². The van der Waals surface area contributed by atoms with Gasteiger partial charge in [0.05, 0.1) is 17.6 Å². The Bertz CT molecular complexity index is 324. The smallest absolute Gasteiger partial charge is 0.0553 e. The van der Waals surface area contributed by atoms with Crippen molar-refractivity contribution in [3.63, 3.8) is 0 Å². The van der Waals surface area contributed by atoms with Crippen molar-refractivity contribution in [2.75, 3.05) is 18.0 Å². The van der Waals surface area contributed by atoms with E-state index in [1.165, 1.54) is 12.1 Å². The molecule has 0 bridgehead atoms. The lowest BCUT2D eigenvalue weighted by Crippen LogP contribution is -2.38. The number of nitrogens with two attached hydrogens (primary N) is 1. The van der Waals surface area contributed by atoms with E-state index in [4.69, 9.17) is 5.73 Å². The van der Waals surface area contributed by atoms with E-state index in [9.17, 15) is 0 Å². The lowest BCUT2D eigenvalue weighted by Gasteiger charge is -2.36. The van der Waals surface area contributed by atoms with Crippen LogP contribution in [0.5, 0.6) is 0 Å². The maximum atomic E-state index is 5.55. The van der Waals surface area contributed by atoms with Gasteiger partial charge in [-0.15, -0.1) is 0 Å². The highest BCUT2D eigenvalue weighted by Gasteiger charge is 2.21. The second-order valence-corrected chi connectivity index (χ2v) is 5.06. The van der Waals surface area contributed by atoms with Gasteiger partial charge in [-0.3, -0.25) is 4.98 Å². The second-order valence-electron chi connectivity index (χ2n) is 5.06. The Hall–Kier alpha value is -1.09. The van der Waals surface area contributed by atoms with Crippen LogP contribution in [0, 0.1) is 11.8 Å². The standard InChI is InChI=1S/C13H21N3/c1-10-5-11(2)9-16(8-10)13-4-3-12(6-14)15-7-13/h3-4,7,10-11H,5-6,8-9,14H2,1-2H3. The molecule has 2 atom stereocenters. The van der Waals surface area contributed by atoms with Crippen LogP contribution < -0.4 is 10.6 Å². The summed E-state index contributed by atoms with van der Waals surface area (Å²) in [4.78, 5) is 6.79. The van der Waals surface area contributed by atoms with E-state index in [1.807, 2.05) is 12.3 Å². The van der Waals surface area contributed by atoms with Gasteiger partial charge in [0.15, 0.2) is 0 Å².